The van der Waals surface area contributed by atoms with Crippen LogP contribution in [0, 0.1) is 11.6 Å². The SMILES string of the molecule is CC(=O)c1cccc(F)c1Sc1cccc(F)c1. The number of halogens is 2. The van der Waals surface area contributed by atoms with E-state index in [1.165, 1.54) is 31.2 Å². The molecule has 0 radical (unpaired) electrons. The van der Waals surface area contributed by atoms with Gasteiger partial charge >= 0.3 is 0 Å². The Morgan fingerprint density at radius 2 is 1.83 bits per heavy atom. The summed E-state index contributed by atoms with van der Waals surface area (Å²) in [6, 6.07) is 10.2. The summed E-state index contributed by atoms with van der Waals surface area (Å²) in [4.78, 5) is 12.2. The van der Waals surface area contributed by atoms with Crippen LogP contribution in [0.15, 0.2) is 52.3 Å². The van der Waals surface area contributed by atoms with Crippen molar-refractivity contribution in [3.05, 3.63) is 59.7 Å². The fourth-order valence-corrected chi connectivity index (χ4v) is 2.58. The van der Waals surface area contributed by atoms with Gasteiger partial charge in [-0.1, -0.05) is 30.0 Å². The Bertz CT molecular complexity index is 596. The number of hydrogen-bond donors (Lipinski definition) is 0. The van der Waals surface area contributed by atoms with Crippen molar-refractivity contribution in [1.29, 1.82) is 0 Å². The van der Waals surface area contributed by atoms with Crippen molar-refractivity contribution in [2.75, 3.05) is 0 Å². The van der Waals surface area contributed by atoms with Crippen molar-refractivity contribution in [3.63, 3.8) is 0 Å². The largest absolute Gasteiger partial charge is 0.294 e. The summed E-state index contributed by atoms with van der Waals surface area (Å²) in [5, 5.41) is 0. The summed E-state index contributed by atoms with van der Waals surface area (Å²) < 4.78 is 26.8. The molecule has 1 nitrogen and oxygen atoms in total. The van der Waals surface area contributed by atoms with Gasteiger partial charge in [-0.15, -0.1) is 0 Å². The molecule has 18 heavy (non-hydrogen) atoms. The predicted octanol–water partition coefficient (Wildman–Crippen LogP) is 4.32. The van der Waals surface area contributed by atoms with Crippen molar-refractivity contribution in [2.24, 2.45) is 0 Å². The molecule has 0 saturated carbocycles. The van der Waals surface area contributed by atoms with Crippen LogP contribution in [0.1, 0.15) is 17.3 Å². The third-order valence-electron chi connectivity index (χ3n) is 2.36. The lowest BCUT2D eigenvalue weighted by Gasteiger charge is -2.07. The number of carbonyl (C=O) groups excluding carboxylic acids is 1. The fourth-order valence-electron chi connectivity index (χ4n) is 1.54. The van der Waals surface area contributed by atoms with Gasteiger partial charge in [0.05, 0.1) is 4.90 Å². The highest BCUT2D eigenvalue weighted by Gasteiger charge is 2.13. The van der Waals surface area contributed by atoms with Gasteiger partial charge in [-0.25, -0.2) is 8.78 Å². The van der Waals surface area contributed by atoms with Crippen LogP contribution in [0.4, 0.5) is 8.78 Å². The first-order valence-corrected chi connectivity index (χ1v) is 6.12. The molecule has 0 amide bonds. The summed E-state index contributed by atoms with van der Waals surface area (Å²) >= 11 is 1.05. The van der Waals surface area contributed by atoms with E-state index in [0.717, 1.165) is 11.8 Å². The normalized spacial score (nSPS) is 10.4. The topological polar surface area (TPSA) is 17.1 Å². The standard InChI is InChI=1S/C14H10F2OS/c1-9(17)12-6-3-7-13(16)14(12)18-11-5-2-4-10(15)8-11/h2-8H,1H3. The van der Waals surface area contributed by atoms with E-state index in [-0.39, 0.29) is 16.5 Å². The predicted molar refractivity (Wildman–Crippen MR) is 66.9 cm³/mol. The molecule has 0 unspecified atom stereocenters. The molecule has 92 valence electrons. The molecular weight excluding hydrogens is 254 g/mol. The molecule has 0 aliphatic rings. The highest BCUT2D eigenvalue weighted by Crippen LogP contribution is 2.33. The van der Waals surface area contributed by atoms with Crippen molar-refractivity contribution in [1.82, 2.24) is 0 Å². The van der Waals surface area contributed by atoms with E-state index in [1.54, 1.807) is 18.2 Å². The van der Waals surface area contributed by atoms with Crippen LogP contribution in [0.2, 0.25) is 0 Å². The highest BCUT2D eigenvalue weighted by atomic mass is 32.2. The van der Waals surface area contributed by atoms with Gasteiger partial charge in [0.15, 0.2) is 5.78 Å². The van der Waals surface area contributed by atoms with Gasteiger partial charge in [-0.3, -0.25) is 4.79 Å². The first-order valence-electron chi connectivity index (χ1n) is 5.31. The Morgan fingerprint density at radius 3 is 2.50 bits per heavy atom. The number of rotatable bonds is 3. The van der Waals surface area contributed by atoms with E-state index in [9.17, 15) is 13.6 Å². The highest BCUT2D eigenvalue weighted by molar-refractivity contribution is 7.99. The second-order valence-electron chi connectivity index (χ2n) is 3.73. The second-order valence-corrected chi connectivity index (χ2v) is 4.82. The minimum atomic E-state index is -0.475. The van der Waals surface area contributed by atoms with E-state index in [0.29, 0.717) is 10.5 Å². The van der Waals surface area contributed by atoms with Gasteiger partial charge in [0.1, 0.15) is 11.6 Å². The lowest BCUT2D eigenvalue weighted by molar-refractivity contribution is 0.101. The maximum absolute atomic E-state index is 13.7. The molecule has 0 fully saturated rings. The van der Waals surface area contributed by atoms with Crippen LogP contribution in [-0.4, -0.2) is 5.78 Å². The van der Waals surface area contributed by atoms with Crippen molar-refractivity contribution >= 4 is 17.5 Å². The maximum atomic E-state index is 13.7. The summed E-state index contributed by atoms with van der Waals surface area (Å²) in [5.41, 5.74) is 0.310. The zero-order valence-corrected chi connectivity index (χ0v) is 10.4. The van der Waals surface area contributed by atoms with Crippen LogP contribution >= 0.6 is 11.8 Å². The molecule has 0 aromatic heterocycles. The second kappa shape index (κ2) is 5.31. The van der Waals surface area contributed by atoms with Crippen molar-refractivity contribution < 1.29 is 13.6 Å². The summed E-state index contributed by atoms with van der Waals surface area (Å²) in [5.74, 6) is -1.08. The quantitative estimate of drug-likeness (QED) is 0.768. The Labute approximate surface area is 108 Å². The summed E-state index contributed by atoms with van der Waals surface area (Å²) in [6.07, 6.45) is 0. The van der Waals surface area contributed by atoms with E-state index < -0.39 is 5.82 Å². The Morgan fingerprint density at radius 1 is 1.11 bits per heavy atom. The van der Waals surface area contributed by atoms with Gasteiger partial charge in [0, 0.05) is 10.5 Å². The number of hydrogen-bond acceptors (Lipinski definition) is 2. The first-order chi connectivity index (χ1) is 8.58. The van der Waals surface area contributed by atoms with E-state index in [1.807, 2.05) is 0 Å². The lowest BCUT2D eigenvalue weighted by Crippen LogP contribution is -1.97. The van der Waals surface area contributed by atoms with E-state index in [4.69, 9.17) is 0 Å². The third-order valence-corrected chi connectivity index (χ3v) is 3.47. The van der Waals surface area contributed by atoms with Gasteiger partial charge < -0.3 is 0 Å². The minimum absolute atomic E-state index is 0.214. The smallest absolute Gasteiger partial charge is 0.161 e. The Balaban J connectivity index is 2.42. The molecule has 2 aromatic carbocycles. The molecule has 0 aliphatic heterocycles. The first kappa shape index (κ1) is 12.8. The Hall–Kier alpha value is -1.68. The third kappa shape index (κ3) is 2.76. The van der Waals surface area contributed by atoms with Gasteiger partial charge in [0.2, 0.25) is 0 Å². The number of ketones is 1. The van der Waals surface area contributed by atoms with Crippen LogP contribution in [0.3, 0.4) is 0 Å². The molecule has 0 spiro atoms. The summed E-state index contributed by atoms with van der Waals surface area (Å²) in [7, 11) is 0. The van der Waals surface area contributed by atoms with E-state index in [2.05, 4.69) is 0 Å². The molecule has 0 N–H and O–H groups in total. The molecule has 2 rings (SSSR count). The van der Waals surface area contributed by atoms with Crippen LogP contribution in [-0.2, 0) is 0 Å². The number of Topliss-reactive ketones (excluding diaryl/α,β-unsaturated/α-hetero) is 1. The zero-order chi connectivity index (χ0) is 13.1. The molecule has 2 aromatic rings. The molecule has 4 heteroatoms. The van der Waals surface area contributed by atoms with Gasteiger partial charge in [-0.05, 0) is 31.2 Å². The molecule has 0 aliphatic carbocycles. The maximum Gasteiger partial charge on any atom is 0.161 e. The molecular formula is C14H10F2OS. The average Bonchev–Trinajstić information content (AvgIpc) is 2.31. The van der Waals surface area contributed by atoms with Gasteiger partial charge in [-0.2, -0.15) is 0 Å². The lowest BCUT2D eigenvalue weighted by atomic mass is 10.1. The van der Waals surface area contributed by atoms with Gasteiger partial charge in [0.25, 0.3) is 0 Å². The average molecular weight is 264 g/mol. The number of benzene rings is 2. The number of carbonyl (C=O) groups is 1. The Kier molecular flexibility index (Phi) is 3.77. The van der Waals surface area contributed by atoms with Crippen LogP contribution in [0.25, 0.3) is 0 Å². The van der Waals surface area contributed by atoms with Crippen molar-refractivity contribution in [3.8, 4) is 0 Å². The van der Waals surface area contributed by atoms with Crippen LogP contribution < -0.4 is 0 Å². The summed E-state index contributed by atoms with van der Waals surface area (Å²) in [6.45, 7) is 1.38. The fraction of sp³-hybridized carbons (Fsp3) is 0.0714. The molecule has 0 heterocycles. The van der Waals surface area contributed by atoms with Crippen molar-refractivity contribution in [2.45, 2.75) is 16.7 Å². The molecule has 0 bridgehead atoms. The monoisotopic (exact) mass is 264 g/mol. The molecule has 0 saturated heterocycles. The van der Waals surface area contributed by atoms with Crippen LogP contribution in [0.5, 0.6) is 0 Å². The zero-order valence-electron chi connectivity index (χ0n) is 9.61. The van der Waals surface area contributed by atoms with E-state index >= 15 is 0 Å². The minimum Gasteiger partial charge on any atom is -0.294 e. The molecule has 0 atom stereocenters.